The van der Waals surface area contributed by atoms with Crippen molar-refractivity contribution in [3.63, 3.8) is 0 Å². The third-order valence-electron chi connectivity index (χ3n) is 4.19. The van der Waals surface area contributed by atoms with Crippen LogP contribution in [0.3, 0.4) is 0 Å². The van der Waals surface area contributed by atoms with E-state index >= 15 is 0 Å². The van der Waals surface area contributed by atoms with Crippen molar-refractivity contribution in [3.8, 4) is 5.75 Å². The Kier molecular flexibility index (Phi) is 3.55. The van der Waals surface area contributed by atoms with Crippen molar-refractivity contribution in [2.75, 3.05) is 24.5 Å². The summed E-state index contributed by atoms with van der Waals surface area (Å²) in [7, 11) is 0. The summed E-state index contributed by atoms with van der Waals surface area (Å²) in [6.45, 7) is 3.73. The molecule has 3 N–H and O–H groups in total. The molecule has 6 heteroatoms. The summed E-state index contributed by atoms with van der Waals surface area (Å²) >= 11 is 0. The van der Waals surface area contributed by atoms with Gasteiger partial charge in [0.05, 0.1) is 18.2 Å². The van der Waals surface area contributed by atoms with Crippen LogP contribution in [0.15, 0.2) is 24.3 Å². The molecule has 0 saturated carbocycles. The van der Waals surface area contributed by atoms with Crippen molar-refractivity contribution < 1.29 is 14.3 Å². The van der Waals surface area contributed by atoms with Crippen LogP contribution in [0.5, 0.6) is 5.75 Å². The highest BCUT2D eigenvalue weighted by atomic mass is 16.5. The number of carbonyl (C=O) groups excluding carboxylic acids is 2. The molecule has 1 aromatic rings. The van der Waals surface area contributed by atoms with Crippen LogP contribution in [0, 0.1) is 11.8 Å². The van der Waals surface area contributed by atoms with Gasteiger partial charge in [-0.3, -0.25) is 9.59 Å². The van der Waals surface area contributed by atoms with Crippen molar-refractivity contribution in [2.45, 2.75) is 13.0 Å². The molecule has 2 aliphatic rings. The fourth-order valence-corrected chi connectivity index (χ4v) is 2.93. The van der Waals surface area contributed by atoms with Gasteiger partial charge in [0.1, 0.15) is 5.75 Å². The van der Waals surface area contributed by atoms with Crippen LogP contribution in [0.25, 0.3) is 0 Å². The zero-order valence-corrected chi connectivity index (χ0v) is 11.9. The Morgan fingerprint density at radius 2 is 2.10 bits per heavy atom. The van der Waals surface area contributed by atoms with E-state index in [1.165, 1.54) is 0 Å². The lowest BCUT2D eigenvalue weighted by Crippen LogP contribution is -2.51. The first-order valence-electron chi connectivity index (χ1n) is 7.15. The Bertz CT molecular complexity index is 575. The number of nitrogens with two attached hydrogens (primary N) is 1. The number of primary amides is 1. The molecule has 1 fully saturated rings. The highest BCUT2D eigenvalue weighted by Gasteiger charge is 2.38. The minimum absolute atomic E-state index is 0.0227. The van der Waals surface area contributed by atoms with Crippen LogP contribution in [0.4, 0.5) is 5.69 Å². The summed E-state index contributed by atoms with van der Waals surface area (Å²) in [5.74, 6) is 0.193. The summed E-state index contributed by atoms with van der Waals surface area (Å²) in [5.41, 5.74) is 6.06. The molecular formula is C15H19N3O3. The fraction of sp³-hybridized carbons (Fsp3) is 0.467. The standard InChI is InChI=1S/C15H19N3O3/c1-9-6-17-7-10(9)15(20)18-8-13(14(16)19)21-12-5-3-2-4-11(12)18/h2-5,9-10,13,17H,6-8H2,1H3,(H2,16,19). The predicted octanol–water partition coefficient (Wildman–Crippen LogP) is 0.121. The van der Waals surface area contributed by atoms with E-state index in [-0.39, 0.29) is 24.3 Å². The monoisotopic (exact) mass is 289 g/mol. The van der Waals surface area contributed by atoms with Gasteiger partial charge in [-0.1, -0.05) is 19.1 Å². The van der Waals surface area contributed by atoms with Crippen LogP contribution in [0.2, 0.25) is 0 Å². The molecule has 2 heterocycles. The van der Waals surface area contributed by atoms with Gasteiger partial charge in [0.2, 0.25) is 5.91 Å². The first-order valence-corrected chi connectivity index (χ1v) is 7.15. The fourth-order valence-electron chi connectivity index (χ4n) is 2.93. The summed E-state index contributed by atoms with van der Waals surface area (Å²) in [4.78, 5) is 25.9. The molecule has 2 amide bonds. The number of amides is 2. The number of nitrogens with one attached hydrogen (secondary N) is 1. The van der Waals surface area contributed by atoms with Gasteiger partial charge in [0.25, 0.3) is 5.91 Å². The van der Waals surface area contributed by atoms with E-state index in [9.17, 15) is 9.59 Å². The number of anilines is 1. The van der Waals surface area contributed by atoms with Crippen molar-refractivity contribution in [2.24, 2.45) is 17.6 Å². The van der Waals surface area contributed by atoms with Gasteiger partial charge in [-0.05, 0) is 24.6 Å². The second kappa shape index (κ2) is 5.37. The SMILES string of the molecule is CC1CNCC1C(=O)N1CC(C(N)=O)Oc2ccccc21. The summed E-state index contributed by atoms with van der Waals surface area (Å²) < 4.78 is 5.58. The van der Waals surface area contributed by atoms with Crippen LogP contribution < -0.4 is 20.7 Å². The minimum Gasteiger partial charge on any atom is -0.477 e. The van der Waals surface area contributed by atoms with E-state index in [1.54, 1.807) is 11.0 Å². The lowest BCUT2D eigenvalue weighted by atomic mass is 9.95. The molecule has 3 rings (SSSR count). The number of hydrogen-bond donors (Lipinski definition) is 2. The number of fused-ring (bicyclic) bond motifs is 1. The van der Waals surface area contributed by atoms with E-state index in [0.717, 1.165) is 6.54 Å². The van der Waals surface area contributed by atoms with E-state index in [2.05, 4.69) is 12.2 Å². The number of nitrogens with zero attached hydrogens (tertiary/aromatic N) is 1. The van der Waals surface area contributed by atoms with Crippen molar-refractivity contribution in [3.05, 3.63) is 24.3 Å². The summed E-state index contributed by atoms with van der Waals surface area (Å²) in [5, 5.41) is 3.23. The molecule has 6 nitrogen and oxygen atoms in total. The topological polar surface area (TPSA) is 84.7 Å². The third kappa shape index (κ3) is 2.47. The molecule has 0 aromatic heterocycles. The van der Waals surface area contributed by atoms with Gasteiger partial charge in [-0.15, -0.1) is 0 Å². The van der Waals surface area contributed by atoms with Gasteiger partial charge < -0.3 is 20.7 Å². The average Bonchev–Trinajstić information content (AvgIpc) is 2.91. The minimum atomic E-state index is -0.798. The largest absolute Gasteiger partial charge is 0.477 e. The second-order valence-electron chi connectivity index (χ2n) is 5.67. The van der Waals surface area contributed by atoms with Crippen molar-refractivity contribution in [1.29, 1.82) is 0 Å². The molecule has 0 radical (unpaired) electrons. The molecule has 1 aromatic carbocycles. The first kappa shape index (κ1) is 13.9. The van der Waals surface area contributed by atoms with Gasteiger partial charge >= 0.3 is 0 Å². The average molecular weight is 289 g/mol. The highest BCUT2D eigenvalue weighted by Crippen LogP contribution is 2.35. The van der Waals surface area contributed by atoms with Crippen molar-refractivity contribution in [1.82, 2.24) is 5.32 Å². The van der Waals surface area contributed by atoms with Gasteiger partial charge in [0.15, 0.2) is 6.10 Å². The van der Waals surface area contributed by atoms with E-state index in [4.69, 9.17) is 10.5 Å². The normalized spacial score (nSPS) is 27.9. The number of para-hydroxylation sites is 2. The molecule has 3 unspecified atom stereocenters. The molecule has 0 spiro atoms. The Hall–Kier alpha value is -2.08. The molecule has 2 aliphatic heterocycles. The van der Waals surface area contributed by atoms with Crippen LogP contribution in [-0.4, -0.2) is 37.6 Å². The zero-order valence-electron chi connectivity index (χ0n) is 11.9. The maximum atomic E-state index is 12.8. The number of hydrogen-bond acceptors (Lipinski definition) is 4. The molecule has 112 valence electrons. The maximum absolute atomic E-state index is 12.8. The Morgan fingerprint density at radius 3 is 2.76 bits per heavy atom. The van der Waals surface area contributed by atoms with E-state index in [0.29, 0.717) is 18.0 Å². The number of rotatable bonds is 2. The Balaban J connectivity index is 1.92. The maximum Gasteiger partial charge on any atom is 0.260 e. The quantitative estimate of drug-likeness (QED) is 0.810. The molecule has 0 aliphatic carbocycles. The highest BCUT2D eigenvalue weighted by molar-refractivity contribution is 5.98. The Labute approximate surface area is 123 Å². The molecular weight excluding hydrogens is 270 g/mol. The second-order valence-corrected chi connectivity index (χ2v) is 5.67. The van der Waals surface area contributed by atoms with Crippen LogP contribution in [-0.2, 0) is 9.59 Å². The molecule has 3 atom stereocenters. The third-order valence-corrected chi connectivity index (χ3v) is 4.19. The smallest absolute Gasteiger partial charge is 0.260 e. The summed E-state index contributed by atoms with van der Waals surface area (Å²) in [6, 6.07) is 7.24. The van der Waals surface area contributed by atoms with Crippen LogP contribution >= 0.6 is 0 Å². The lowest BCUT2D eigenvalue weighted by molar-refractivity contribution is -0.126. The first-order chi connectivity index (χ1) is 10.1. The van der Waals surface area contributed by atoms with E-state index in [1.807, 2.05) is 18.2 Å². The van der Waals surface area contributed by atoms with Crippen molar-refractivity contribution >= 4 is 17.5 Å². The number of carbonyl (C=O) groups is 2. The van der Waals surface area contributed by atoms with Crippen LogP contribution in [0.1, 0.15) is 6.92 Å². The molecule has 21 heavy (non-hydrogen) atoms. The molecule has 0 bridgehead atoms. The zero-order chi connectivity index (χ0) is 15.0. The molecule has 1 saturated heterocycles. The summed E-state index contributed by atoms with van der Waals surface area (Å²) in [6.07, 6.45) is -0.798. The number of benzene rings is 1. The van der Waals surface area contributed by atoms with Gasteiger partial charge in [-0.2, -0.15) is 0 Å². The van der Waals surface area contributed by atoms with E-state index < -0.39 is 12.0 Å². The lowest BCUT2D eigenvalue weighted by Gasteiger charge is -2.35. The van der Waals surface area contributed by atoms with Gasteiger partial charge in [0, 0.05) is 6.54 Å². The predicted molar refractivity (Wildman–Crippen MR) is 77.9 cm³/mol. The number of ether oxygens (including phenoxy) is 1. The Morgan fingerprint density at radius 1 is 1.33 bits per heavy atom. The van der Waals surface area contributed by atoms with Gasteiger partial charge in [-0.25, -0.2) is 0 Å².